The number of aliphatic hydroxyl groups excluding tert-OH is 1. The first-order valence-electron chi connectivity index (χ1n) is 10.2. The lowest BCUT2D eigenvalue weighted by Gasteiger charge is -2.18. The molecule has 0 saturated carbocycles. The fraction of sp³-hybridized carbons (Fsp3) is 0.192. The Kier molecular flexibility index (Phi) is 9.96. The van der Waals surface area contributed by atoms with Crippen molar-refractivity contribution in [3.63, 3.8) is 0 Å². The second kappa shape index (κ2) is 12.4. The molecule has 5 heteroatoms. The second-order valence-electron chi connectivity index (χ2n) is 7.36. The van der Waals surface area contributed by atoms with Crippen LogP contribution in [0.1, 0.15) is 36.1 Å². The smallest absolute Gasteiger partial charge is 0.169 e. The van der Waals surface area contributed by atoms with E-state index in [1.54, 1.807) is 0 Å². The first-order valence-corrected chi connectivity index (χ1v) is 10.5. The van der Waals surface area contributed by atoms with Crippen LogP contribution in [-0.2, 0) is 4.79 Å². The van der Waals surface area contributed by atoms with Crippen molar-refractivity contribution in [1.82, 2.24) is 0 Å². The summed E-state index contributed by atoms with van der Waals surface area (Å²) in [5, 5.41) is 13.2. The number of halogens is 2. The Balaban J connectivity index is 0.00000341. The summed E-state index contributed by atoms with van der Waals surface area (Å²) in [6.07, 6.45) is 1.66. The highest BCUT2D eigenvalue weighted by molar-refractivity contribution is 6.33. The van der Waals surface area contributed by atoms with Crippen molar-refractivity contribution in [2.75, 3.05) is 6.54 Å². The molecule has 3 aromatic rings. The molecule has 0 heterocycles. The first-order chi connectivity index (χ1) is 14.6. The summed E-state index contributed by atoms with van der Waals surface area (Å²) in [6.45, 7) is 2.57. The summed E-state index contributed by atoms with van der Waals surface area (Å²) in [7, 11) is 0. The molecule has 0 radical (unpaired) electrons. The number of hydrogen-bond acceptors (Lipinski definition) is 2. The monoisotopic (exact) mass is 455 g/mol. The topological polar surface area (TPSA) is 53.9 Å². The lowest BCUT2D eigenvalue weighted by molar-refractivity contribution is -0.693. The number of ketones is 1. The van der Waals surface area contributed by atoms with Crippen LogP contribution in [0.25, 0.3) is 11.6 Å². The molecule has 3 N–H and O–H groups in total. The van der Waals surface area contributed by atoms with Crippen molar-refractivity contribution in [2.24, 2.45) is 0 Å². The maximum absolute atomic E-state index is 13.1. The zero-order valence-electron chi connectivity index (χ0n) is 17.4. The number of carbonyl (C=O) groups is 1. The van der Waals surface area contributed by atoms with E-state index < -0.39 is 6.10 Å². The lowest BCUT2D eigenvalue weighted by atomic mass is 9.97. The summed E-state index contributed by atoms with van der Waals surface area (Å²) < 4.78 is 0. The van der Waals surface area contributed by atoms with Crippen LogP contribution >= 0.6 is 11.6 Å². The minimum absolute atomic E-state index is 0. The van der Waals surface area contributed by atoms with E-state index in [4.69, 9.17) is 11.6 Å². The van der Waals surface area contributed by atoms with Crippen molar-refractivity contribution >= 4 is 29.0 Å². The standard InChI is InChI=1S/C26H26ClNO2.ClH/c1-19(26(30)21-12-6-3-7-13-21)28-17-16-25(29)23(20-10-4-2-5-11-20)18-22-14-8-9-15-24(22)27;/h2-15,18-19,26,28,30H,16-17H2,1H3;1H/b23-18+;. The lowest BCUT2D eigenvalue weighted by Crippen LogP contribution is -3.00. The molecule has 0 aromatic heterocycles. The minimum atomic E-state index is -0.575. The normalized spacial score (nSPS) is 13.2. The van der Waals surface area contributed by atoms with Gasteiger partial charge in [-0.05, 0) is 35.8 Å². The third-order valence-corrected chi connectivity index (χ3v) is 5.48. The number of nitrogens with two attached hydrogens (primary N) is 1. The van der Waals surface area contributed by atoms with E-state index in [0.717, 1.165) is 16.7 Å². The summed E-state index contributed by atoms with van der Waals surface area (Å²) in [6, 6.07) is 26.7. The third kappa shape index (κ3) is 7.05. The van der Waals surface area contributed by atoms with E-state index in [-0.39, 0.29) is 24.2 Å². The van der Waals surface area contributed by atoms with Gasteiger partial charge in [-0.3, -0.25) is 4.79 Å². The molecule has 2 unspecified atom stereocenters. The van der Waals surface area contributed by atoms with Gasteiger partial charge in [-0.15, -0.1) is 0 Å². The molecule has 0 aliphatic heterocycles. The zero-order chi connectivity index (χ0) is 21.3. The molecule has 0 aliphatic rings. The van der Waals surface area contributed by atoms with Gasteiger partial charge in [-0.1, -0.05) is 90.5 Å². The van der Waals surface area contributed by atoms with Crippen molar-refractivity contribution in [3.8, 4) is 0 Å². The summed E-state index contributed by atoms with van der Waals surface area (Å²) in [5.74, 6) is 0.0544. The molecule has 3 rings (SSSR count). The number of allylic oxidation sites excluding steroid dienone is 1. The molecule has 3 aromatic carbocycles. The Morgan fingerprint density at radius 2 is 1.55 bits per heavy atom. The van der Waals surface area contributed by atoms with Crippen molar-refractivity contribution in [1.29, 1.82) is 0 Å². The fourth-order valence-electron chi connectivity index (χ4n) is 3.38. The average molecular weight is 456 g/mol. The van der Waals surface area contributed by atoms with Crippen LogP contribution in [0.3, 0.4) is 0 Å². The van der Waals surface area contributed by atoms with Crippen LogP contribution < -0.4 is 17.7 Å². The van der Waals surface area contributed by atoms with Gasteiger partial charge in [-0.25, -0.2) is 0 Å². The predicted octanol–water partition coefficient (Wildman–Crippen LogP) is 1.53. The fourth-order valence-corrected chi connectivity index (χ4v) is 3.58. The van der Waals surface area contributed by atoms with E-state index in [1.165, 1.54) is 0 Å². The quantitative estimate of drug-likeness (QED) is 0.379. The van der Waals surface area contributed by atoms with Gasteiger partial charge < -0.3 is 22.8 Å². The Labute approximate surface area is 195 Å². The van der Waals surface area contributed by atoms with Crippen molar-refractivity contribution in [2.45, 2.75) is 25.5 Å². The molecular formula is C26H27Cl2NO2. The van der Waals surface area contributed by atoms with E-state index in [1.807, 2.05) is 103 Å². The molecule has 0 bridgehead atoms. The minimum Gasteiger partial charge on any atom is -1.00 e. The van der Waals surface area contributed by atoms with Gasteiger partial charge in [0.1, 0.15) is 12.1 Å². The molecule has 31 heavy (non-hydrogen) atoms. The number of hydrogen-bond donors (Lipinski definition) is 2. The second-order valence-corrected chi connectivity index (χ2v) is 7.76. The van der Waals surface area contributed by atoms with Crippen LogP contribution in [0, 0.1) is 0 Å². The summed E-state index contributed by atoms with van der Waals surface area (Å²) in [5.41, 5.74) is 3.23. The predicted molar refractivity (Wildman–Crippen MR) is 123 cm³/mol. The van der Waals surface area contributed by atoms with Crippen LogP contribution in [0.4, 0.5) is 0 Å². The highest BCUT2D eigenvalue weighted by atomic mass is 35.5. The van der Waals surface area contributed by atoms with Gasteiger partial charge in [-0.2, -0.15) is 0 Å². The molecule has 2 atom stereocenters. The van der Waals surface area contributed by atoms with Crippen molar-refractivity contribution in [3.05, 3.63) is 107 Å². The summed E-state index contributed by atoms with van der Waals surface area (Å²) >= 11 is 6.31. The van der Waals surface area contributed by atoms with Gasteiger partial charge in [0, 0.05) is 10.6 Å². The van der Waals surface area contributed by atoms with Gasteiger partial charge in [0.25, 0.3) is 0 Å². The third-order valence-electron chi connectivity index (χ3n) is 5.14. The molecule has 0 fully saturated rings. The Hall–Kier alpha value is -2.43. The average Bonchev–Trinajstić information content (AvgIpc) is 2.79. The number of benzene rings is 3. The highest BCUT2D eigenvalue weighted by Gasteiger charge is 2.20. The highest BCUT2D eigenvalue weighted by Crippen LogP contribution is 2.24. The van der Waals surface area contributed by atoms with Gasteiger partial charge in [0.2, 0.25) is 0 Å². The molecule has 0 aliphatic carbocycles. The molecule has 0 spiro atoms. The molecule has 162 valence electrons. The molecule has 0 saturated heterocycles. The summed E-state index contributed by atoms with van der Waals surface area (Å²) in [4.78, 5) is 13.1. The number of rotatable bonds is 9. The number of aliphatic hydroxyl groups is 1. The van der Waals surface area contributed by atoms with Crippen LogP contribution in [0.15, 0.2) is 84.9 Å². The molecule has 0 amide bonds. The van der Waals surface area contributed by atoms with Crippen LogP contribution in [0.5, 0.6) is 0 Å². The number of quaternary nitrogens is 1. The first kappa shape index (κ1) is 24.8. The SMILES string of the molecule is CC([NH2+]CCC(=O)/C(=C/c1ccccc1Cl)c1ccccc1)C(O)c1ccccc1.[Cl-]. The van der Waals surface area contributed by atoms with Crippen molar-refractivity contribution < 1.29 is 27.6 Å². The Morgan fingerprint density at radius 1 is 0.968 bits per heavy atom. The maximum atomic E-state index is 13.1. The number of Topliss-reactive ketones (excluding diaryl/α,β-unsaturated/α-hetero) is 1. The van der Waals surface area contributed by atoms with E-state index in [2.05, 4.69) is 0 Å². The van der Waals surface area contributed by atoms with Gasteiger partial charge in [0.15, 0.2) is 5.78 Å². The molecular weight excluding hydrogens is 429 g/mol. The number of carbonyl (C=O) groups excluding carboxylic acids is 1. The Bertz CT molecular complexity index is 991. The molecule has 3 nitrogen and oxygen atoms in total. The Morgan fingerprint density at radius 3 is 2.19 bits per heavy atom. The van der Waals surface area contributed by atoms with Gasteiger partial charge in [0.05, 0.1) is 13.0 Å². The zero-order valence-corrected chi connectivity index (χ0v) is 18.9. The van der Waals surface area contributed by atoms with E-state index >= 15 is 0 Å². The largest absolute Gasteiger partial charge is 1.00 e. The van der Waals surface area contributed by atoms with E-state index in [0.29, 0.717) is 23.6 Å². The van der Waals surface area contributed by atoms with Crippen LogP contribution in [-0.4, -0.2) is 23.5 Å². The van der Waals surface area contributed by atoms with Crippen LogP contribution in [0.2, 0.25) is 5.02 Å². The van der Waals surface area contributed by atoms with Gasteiger partial charge >= 0.3 is 0 Å². The van der Waals surface area contributed by atoms with E-state index in [9.17, 15) is 9.90 Å². The maximum Gasteiger partial charge on any atom is 0.169 e.